The molecule has 0 spiro atoms. The molecule has 1 unspecified atom stereocenters. The lowest BCUT2D eigenvalue weighted by Gasteiger charge is -2.35. The van der Waals surface area contributed by atoms with Crippen LogP contribution in [0.4, 0.5) is 0 Å². The van der Waals surface area contributed by atoms with Crippen LogP contribution in [0.1, 0.15) is 49.0 Å². The predicted octanol–water partition coefficient (Wildman–Crippen LogP) is 4.11. The fraction of sp³-hybridized carbons (Fsp3) is 0.450. The third-order valence-corrected chi connectivity index (χ3v) is 5.31. The Balaban J connectivity index is 2.18. The van der Waals surface area contributed by atoms with E-state index in [1.807, 2.05) is 38.1 Å². The van der Waals surface area contributed by atoms with E-state index in [9.17, 15) is 9.90 Å². The van der Waals surface area contributed by atoms with E-state index in [4.69, 9.17) is 11.6 Å². The normalized spacial score (nSPS) is 16.8. The van der Waals surface area contributed by atoms with Gasteiger partial charge in [-0.1, -0.05) is 30.2 Å². The zero-order chi connectivity index (χ0) is 18.0. The molecule has 1 aliphatic rings. The van der Waals surface area contributed by atoms with Crippen LogP contribution in [-0.2, 0) is 6.54 Å². The van der Waals surface area contributed by atoms with Gasteiger partial charge in [0.05, 0.1) is 11.6 Å². The standard InChI is InChI=1S/C20H25ClN2O2/c1-3-23-14(2)13-17(24)18(20(23)25)19(22-11-5-4-6-12-22)15-7-9-16(21)10-8-15/h7-10,13,19,24H,3-6,11-12H2,1-2H3. The molecule has 1 aromatic carbocycles. The largest absolute Gasteiger partial charge is 0.507 e. The Morgan fingerprint density at radius 3 is 2.40 bits per heavy atom. The minimum Gasteiger partial charge on any atom is -0.507 e. The van der Waals surface area contributed by atoms with Gasteiger partial charge in [-0.15, -0.1) is 0 Å². The summed E-state index contributed by atoms with van der Waals surface area (Å²) in [5.74, 6) is 0.0812. The molecule has 0 bridgehead atoms. The topological polar surface area (TPSA) is 45.5 Å². The van der Waals surface area contributed by atoms with Crippen LogP contribution in [0.3, 0.4) is 0 Å². The molecule has 0 radical (unpaired) electrons. The van der Waals surface area contributed by atoms with Crippen molar-refractivity contribution in [3.63, 3.8) is 0 Å². The minimum absolute atomic E-state index is 0.0812. The third kappa shape index (κ3) is 3.60. The highest BCUT2D eigenvalue weighted by Crippen LogP contribution is 2.34. The first-order valence-corrected chi connectivity index (χ1v) is 9.33. The number of aromatic nitrogens is 1. The van der Waals surface area contributed by atoms with Crippen LogP contribution >= 0.6 is 11.6 Å². The highest BCUT2D eigenvalue weighted by Gasteiger charge is 2.29. The first kappa shape index (κ1) is 18.0. The van der Waals surface area contributed by atoms with E-state index >= 15 is 0 Å². The maximum absolute atomic E-state index is 13.1. The zero-order valence-corrected chi connectivity index (χ0v) is 15.6. The molecule has 5 heteroatoms. The van der Waals surface area contributed by atoms with E-state index in [0.717, 1.165) is 37.2 Å². The molecule has 0 aliphatic carbocycles. The molecule has 1 aliphatic heterocycles. The number of nitrogens with zero attached hydrogens (tertiary/aromatic N) is 2. The molecule has 2 aromatic rings. The van der Waals surface area contributed by atoms with Gasteiger partial charge in [-0.3, -0.25) is 9.69 Å². The molecule has 2 heterocycles. The maximum Gasteiger partial charge on any atom is 0.259 e. The van der Waals surface area contributed by atoms with Crippen molar-refractivity contribution >= 4 is 11.6 Å². The van der Waals surface area contributed by atoms with Crippen LogP contribution in [0.2, 0.25) is 5.02 Å². The average Bonchev–Trinajstić information content (AvgIpc) is 2.60. The van der Waals surface area contributed by atoms with Gasteiger partial charge in [0.25, 0.3) is 5.56 Å². The van der Waals surface area contributed by atoms with Crippen molar-refractivity contribution in [1.29, 1.82) is 0 Å². The molecule has 4 nitrogen and oxygen atoms in total. The first-order valence-electron chi connectivity index (χ1n) is 8.95. The summed E-state index contributed by atoms with van der Waals surface area (Å²) in [6.07, 6.45) is 3.43. The number of benzene rings is 1. The smallest absolute Gasteiger partial charge is 0.259 e. The summed E-state index contributed by atoms with van der Waals surface area (Å²) in [5, 5.41) is 11.3. The molecule has 25 heavy (non-hydrogen) atoms. The molecule has 3 rings (SSSR count). The van der Waals surface area contributed by atoms with E-state index in [2.05, 4.69) is 4.90 Å². The Hall–Kier alpha value is -1.78. The zero-order valence-electron chi connectivity index (χ0n) is 14.8. The molecule has 1 aromatic heterocycles. The van der Waals surface area contributed by atoms with Gasteiger partial charge in [-0.05, 0) is 63.5 Å². The van der Waals surface area contributed by atoms with Gasteiger partial charge >= 0.3 is 0 Å². The van der Waals surface area contributed by atoms with Crippen LogP contribution in [0.25, 0.3) is 0 Å². The Bertz CT molecular complexity index is 793. The fourth-order valence-corrected chi connectivity index (χ4v) is 3.93. The quantitative estimate of drug-likeness (QED) is 0.892. The second kappa shape index (κ2) is 7.63. The monoisotopic (exact) mass is 360 g/mol. The van der Waals surface area contributed by atoms with E-state index in [1.54, 1.807) is 10.6 Å². The van der Waals surface area contributed by atoms with Crippen LogP contribution in [0, 0.1) is 6.92 Å². The van der Waals surface area contributed by atoms with Gasteiger partial charge in [0.1, 0.15) is 5.75 Å². The van der Waals surface area contributed by atoms with Crippen molar-refractivity contribution in [3.05, 3.63) is 62.5 Å². The van der Waals surface area contributed by atoms with Gasteiger partial charge in [0, 0.05) is 17.3 Å². The molecular weight excluding hydrogens is 336 g/mol. The summed E-state index contributed by atoms with van der Waals surface area (Å²) in [7, 11) is 0. The highest BCUT2D eigenvalue weighted by atomic mass is 35.5. The number of aromatic hydroxyl groups is 1. The Kier molecular flexibility index (Phi) is 5.50. The van der Waals surface area contributed by atoms with Gasteiger partial charge < -0.3 is 9.67 Å². The number of rotatable bonds is 4. The number of piperidine rings is 1. The van der Waals surface area contributed by atoms with Crippen LogP contribution in [0.5, 0.6) is 5.75 Å². The number of halogens is 1. The summed E-state index contributed by atoms with van der Waals surface area (Å²) in [6, 6.07) is 9.05. The van der Waals surface area contributed by atoms with E-state index in [0.29, 0.717) is 17.1 Å². The third-order valence-electron chi connectivity index (χ3n) is 5.05. The number of hydrogen-bond acceptors (Lipinski definition) is 3. The summed E-state index contributed by atoms with van der Waals surface area (Å²) in [4.78, 5) is 15.4. The predicted molar refractivity (Wildman–Crippen MR) is 101 cm³/mol. The minimum atomic E-state index is -0.247. The molecule has 0 saturated carbocycles. The highest BCUT2D eigenvalue weighted by molar-refractivity contribution is 6.30. The molecule has 134 valence electrons. The molecule has 1 saturated heterocycles. The van der Waals surface area contributed by atoms with Gasteiger partial charge in [-0.25, -0.2) is 0 Å². The van der Waals surface area contributed by atoms with E-state index in [-0.39, 0.29) is 17.4 Å². The number of hydrogen-bond donors (Lipinski definition) is 1. The lowest BCUT2D eigenvalue weighted by Crippen LogP contribution is -2.38. The van der Waals surface area contributed by atoms with Crippen molar-refractivity contribution in [2.45, 2.75) is 45.7 Å². The first-order chi connectivity index (χ1) is 12.0. The summed E-state index contributed by atoms with van der Waals surface area (Å²) >= 11 is 6.05. The van der Waals surface area contributed by atoms with Crippen molar-refractivity contribution < 1.29 is 5.11 Å². The number of likely N-dealkylation sites (tertiary alicyclic amines) is 1. The molecule has 1 N–H and O–H groups in total. The van der Waals surface area contributed by atoms with Crippen molar-refractivity contribution in [2.24, 2.45) is 0 Å². The summed E-state index contributed by atoms with van der Waals surface area (Å²) in [6.45, 7) is 6.24. The number of aryl methyl sites for hydroxylation is 1. The van der Waals surface area contributed by atoms with Gasteiger partial charge in [-0.2, -0.15) is 0 Å². The average molecular weight is 361 g/mol. The second-order valence-corrected chi connectivity index (χ2v) is 7.12. The summed E-state index contributed by atoms with van der Waals surface area (Å²) in [5.41, 5.74) is 2.13. The SMILES string of the molecule is CCn1c(C)cc(O)c(C(c2ccc(Cl)cc2)N2CCCCC2)c1=O. The molecule has 0 amide bonds. The molecule has 1 fully saturated rings. The van der Waals surface area contributed by atoms with Gasteiger partial charge in [0.15, 0.2) is 0 Å². The van der Waals surface area contributed by atoms with Crippen LogP contribution in [-0.4, -0.2) is 27.7 Å². The molecule has 1 atom stereocenters. The van der Waals surface area contributed by atoms with Gasteiger partial charge in [0.2, 0.25) is 0 Å². The maximum atomic E-state index is 13.1. The van der Waals surface area contributed by atoms with Crippen LogP contribution < -0.4 is 5.56 Å². The van der Waals surface area contributed by atoms with E-state index < -0.39 is 0 Å². The van der Waals surface area contributed by atoms with Crippen molar-refractivity contribution in [1.82, 2.24) is 9.47 Å². The van der Waals surface area contributed by atoms with E-state index in [1.165, 1.54) is 6.42 Å². The Morgan fingerprint density at radius 2 is 1.80 bits per heavy atom. The Labute approximate surface area is 153 Å². The van der Waals surface area contributed by atoms with Crippen LogP contribution in [0.15, 0.2) is 35.1 Å². The van der Waals surface area contributed by atoms with Crippen molar-refractivity contribution in [3.8, 4) is 5.75 Å². The lowest BCUT2D eigenvalue weighted by molar-refractivity contribution is 0.183. The lowest BCUT2D eigenvalue weighted by atomic mass is 9.94. The second-order valence-electron chi connectivity index (χ2n) is 6.68. The number of pyridine rings is 1. The van der Waals surface area contributed by atoms with Crippen molar-refractivity contribution in [2.75, 3.05) is 13.1 Å². The fourth-order valence-electron chi connectivity index (χ4n) is 3.80. The Morgan fingerprint density at radius 1 is 1.16 bits per heavy atom. The summed E-state index contributed by atoms with van der Waals surface area (Å²) < 4.78 is 1.72. The molecular formula is C20H25ClN2O2.